The second kappa shape index (κ2) is 6.17. The van der Waals surface area contributed by atoms with Crippen molar-refractivity contribution >= 4 is 5.91 Å². The number of methoxy groups -OCH3 is 1. The van der Waals surface area contributed by atoms with Gasteiger partial charge < -0.3 is 14.7 Å². The number of carbonyl (C=O) groups is 1. The number of rotatable bonds is 3. The Morgan fingerprint density at radius 2 is 2.11 bits per heavy atom. The van der Waals surface area contributed by atoms with Crippen LogP contribution in [0.25, 0.3) is 0 Å². The number of amides is 1. The molecule has 0 aliphatic carbocycles. The Labute approximate surface area is 114 Å². The van der Waals surface area contributed by atoms with Gasteiger partial charge in [0.25, 0.3) is 5.91 Å². The molecule has 1 heterocycles. The quantitative estimate of drug-likeness (QED) is 0.902. The lowest BCUT2D eigenvalue weighted by molar-refractivity contribution is 0.0297. The van der Waals surface area contributed by atoms with Crippen LogP contribution in [0.4, 0.5) is 0 Å². The number of likely N-dealkylation sites (tertiary alicyclic amines) is 1. The van der Waals surface area contributed by atoms with Crippen LogP contribution in [0.3, 0.4) is 0 Å². The van der Waals surface area contributed by atoms with E-state index in [1.54, 1.807) is 7.11 Å². The minimum Gasteiger partial charge on any atom is -0.393 e. The largest absolute Gasteiger partial charge is 0.393 e. The molecule has 1 aromatic rings. The Hall–Kier alpha value is -1.39. The smallest absolute Gasteiger partial charge is 0.253 e. The number of nitrogens with zero attached hydrogens (tertiary/aromatic N) is 1. The maximum atomic E-state index is 12.3. The van der Waals surface area contributed by atoms with Crippen molar-refractivity contribution in [1.82, 2.24) is 4.90 Å². The van der Waals surface area contributed by atoms with Gasteiger partial charge in [0.15, 0.2) is 0 Å². The average Bonchev–Trinajstić information content (AvgIpc) is 2.42. The highest BCUT2D eigenvalue weighted by atomic mass is 16.5. The highest BCUT2D eigenvalue weighted by Gasteiger charge is 2.27. The summed E-state index contributed by atoms with van der Waals surface area (Å²) in [6, 6.07) is 7.51. The van der Waals surface area contributed by atoms with Gasteiger partial charge in [-0.25, -0.2) is 0 Å². The van der Waals surface area contributed by atoms with E-state index in [2.05, 4.69) is 0 Å². The molecule has 2 rings (SSSR count). The fourth-order valence-electron chi connectivity index (χ4n) is 2.41. The maximum Gasteiger partial charge on any atom is 0.253 e. The molecule has 1 N–H and O–H groups in total. The molecule has 4 nitrogen and oxygen atoms in total. The second-order valence-corrected chi connectivity index (χ2v) is 5.21. The SMILES string of the molecule is COCc1ccc(C(=O)N2CCC(O)C(C)C2)cc1. The van der Waals surface area contributed by atoms with E-state index in [0.29, 0.717) is 31.7 Å². The molecule has 4 heteroatoms. The van der Waals surface area contributed by atoms with Crippen LogP contribution in [0, 0.1) is 5.92 Å². The van der Waals surface area contributed by atoms with E-state index in [-0.39, 0.29) is 17.9 Å². The number of piperidine rings is 1. The van der Waals surface area contributed by atoms with Crippen molar-refractivity contribution in [2.45, 2.75) is 26.1 Å². The lowest BCUT2D eigenvalue weighted by Gasteiger charge is -2.34. The number of ether oxygens (including phenoxy) is 1. The average molecular weight is 263 g/mol. The first-order valence-corrected chi connectivity index (χ1v) is 6.67. The van der Waals surface area contributed by atoms with Crippen LogP contribution >= 0.6 is 0 Å². The van der Waals surface area contributed by atoms with Crippen molar-refractivity contribution in [3.63, 3.8) is 0 Å². The number of aliphatic hydroxyl groups is 1. The van der Waals surface area contributed by atoms with Gasteiger partial charge in [0.2, 0.25) is 0 Å². The summed E-state index contributed by atoms with van der Waals surface area (Å²) < 4.78 is 5.05. The minimum atomic E-state index is -0.284. The van der Waals surface area contributed by atoms with Crippen molar-refractivity contribution < 1.29 is 14.6 Å². The standard InChI is InChI=1S/C15H21NO3/c1-11-9-16(8-7-14(11)17)15(18)13-5-3-12(4-6-13)10-19-2/h3-6,11,14,17H,7-10H2,1-2H3. The Balaban J connectivity index is 2.03. The first-order valence-electron chi connectivity index (χ1n) is 6.67. The molecule has 2 unspecified atom stereocenters. The number of aliphatic hydroxyl groups excluding tert-OH is 1. The molecule has 19 heavy (non-hydrogen) atoms. The second-order valence-electron chi connectivity index (χ2n) is 5.21. The highest BCUT2D eigenvalue weighted by molar-refractivity contribution is 5.94. The third-order valence-corrected chi connectivity index (χ3v) is 3.66. The van der Waals surface area contributed by atoms with Gasteiger partial charge in [0, 0.05) is 25.8 Å². The van der Waals surface area contributed by atoms with Gasteiger partial charge in [0.1, 0.15) is 0 Å². The zero-order valence-corrected chi connectivity index (χ0v) is 11.5. The summed E-state index contributed by atoms with van der Waals surface area (Å²) >= 11 is 0. The minimum absolute atomic E-state index is 0.0442. The van der Waals surface area contributed by atoms with Gasteiger partial charge in [-0.15, -0.1) is 0 Å². The molecule has 0 aromatic heterocycles. The van der Waals surface area contributed by atoms with E-state index in [1.165, 1.54) is 0 Å². The fourth-order valence-corrected chi connectivity index (χ4v) is 2.41. The van der Waals surface area contributed by atoms with Crippen molar-refractivity contribution in [3.05, 3.63) is 35.4 Å². The molecule has 0 spiro atoms. The topological polar surface area (TPSA) is 49.8 Å². The number of carbonyl (C=O) groups excluding carboxylic acids is 1. The molecule has 0 bridgehead atoms. The normalized spacial score (nSPS) is 23.4. The summed E-state index contributed by atoms with van der Waals surface area (Å²) in [4.78, 5) is 14.2. The van der Waals surface area contributed by atoms with E-state index in [1.807, 2.05) is 36.1 Å². The highest BCUT2D eigenvalue weighted by Crippen LogP contribution is 2.19. The third kappa shape index (κ3) is 3.33. The summed E-state index contributed by atoms with van der Waals surface area (Å²) in [6.07, 6.45) is 0.377. The zero-order chi connectivity index (χ0) is 13.8. The van der Waals surface area contributed by atoms with Crippen LogP contribution in [0.1, 0.15) is 29.3 Å². The number of hydrogen-bond donors (Lipinski definition) is 1. The lowest BCUT2D eigenvalue weighted by Crippen LogP contribution is -2.44. The van der Waals surface area contributed by atoms with Crippen LogP contribution < -0.4 is 0 Å². The predicted octanol–water partition coefficient (Wildman–Crippen LogP) is 1.68. The van der Waals surface area contributed by atoms with E-state index in [4.69, 9.17) is 4.74 Å². The Morgan fingerprint density at radius 1 is 1.42 bits per heavy atom. The molecule has 104 valence electrons. The molecule has 1 aromatic carbocycles. The van der Waals surface area contributed by atoms with Crippen LogP contribution in [-0.4, -0.2) is 42.2 Å². The Kier molecular flexibility index (Phi) is 4.56. The summed E-state index contributed by atoms with van der Waals surface area (Å²) in [7, 11) is 1.65. The molecule has 1 fully saturated rings. The third-order valence-electron chi connectivity index (χ3n) is 3.66. The molecule has 1 saturated heterocycles. The molecule has 1 amide bonds. The monoisotopic (exact) mass is 263 g/mol. The van der Waals surface area contributed by atoms with Gasteiger partial charge in [-0.2, -0.15) is 0 Å². The number of hydrogen-bond acceptors (Lipinski definition) is 3. The summed E-state index contributed by atoms with van der Waals surface area (Å²) in [5.74, 6) is 0.188. The van der Waals surface area contributed by atoms with E-state index in [9.17, 15) is 9.90 Å². The van der Waals surface area contributed by atoms with Crippen molar-refractivity contribution in [2.24, 2.45) is 5.92 Å². The zero-order valence-electron chi connectivity index (χ0n) is 11.5. The van der Waals surface area contributed by atoms with Gasteiger partial charge in [0.05, 0.1) is 12.7 Å². The molecule has 0 saturated carbocycles. The fraction of sp³-hybridized carbons (Fsp3) is 0.533. The van der Waals surface area contributed by atoms with Gasteiger partial charge in [-0.1, -0.05) is 19.1 Å². The molecule has 1 aliphatic heterocycles. The van der Waals surface area contributed by atoms with Crippen LogP contribution in [0.15, 0.2) is 24.3 Å². The predicted molar refractivity (Wildman–Crippen MR) is 72.8 cm³/mol. The molecular weight excluding hydrogens is 242 g/mol. The summed E-state index contributed by atoms with van der Waals surface area (Å²) in [5, 5.41) is 9.69. The number of benzene rings is 1. The van der Waals surface area contributed by atoms with E-state index >= 15 is 0 Å². The van der Waals surface area contributed by atoms with Gasteiger partial charge in [-0.3, -0.25) is 4.79 Å². The van der Waals surface area contributed by atoms with Crippen molar-refractivity contribution in [3.8, 4) is 0 Å². The lowest BCUT2D eigenvalue weighted by atomic mass is 9.96. The molecule has 2 atom stereocenters. The Bertz CT molecular complexity index is 430. The summed E-state index contributed by atoms with van der Waals surface area (Å²) in [6.45, 7) is 3.79. The van der Waals surface area contributed by atoms with Crippen LogP contribution in [0.2, 0.25) is 0 Å². The van der Waals surface area contributed by atoms with Gasteiger partial charge >= 0.3 is 0 Å². The van der Waals surface area contributed by atoms with E-state index in [0.717, 1.165) is 5.56 Å². The Morgan fingerprint density at radius 3 is 2.68 bits per heavy atom. The first kappa shape index (κ1) is 14.0. The molecule has 0 radical (unpaired) electrons. The van der Waals surface area contributed by atoms with Crippen LogP contribution in [0.5, 0.6) is 0 Å². The first-order chi connectivity index (χ1) is 9.11. The maximum absolute atomic E-state index is 12.3. The summed E-state index contributed by atoms with van der Waals surface area (Å²) in [5.41, 5.74) is 1.75. The molecular formula is C15H21NO3. The molecule has 1 aliphatic rings. The van der Waals surface area contributed by atoms with Crippen LogP contribution in [-0.2, 0) is 11.3 Å². The van der Waals surface area contributed by atoms with Crippen molar-refractivity contribution in [2.75, 3.05) is 20.2 Å². The van der Waals surface area contributed by atoms with E-state index < -0.39 is 0 Å². The van der Waals surface area contributed by atoms with Gasteiger partial charge in [-0.05, 0) is 30.0 Å². The van der Waals surface area contributed by atoms with Crippen molar-refractivity contribution in [1.29, 1.82) is 0 Å².